The summed E-state index contributed by atoms with van der Waals surface area (Å²) in [5.74, 6) is -0.375. The van der Waals surface area contributed by atoms with Gasteiger partial charge in [0.15, 0.2) is 0 Å². The van der Waals surface area contributed by atoms with Crippen molar-refractivity contribution < 1.29 is 18.0 Å². The zero-order valence-corrected chi connectivity index (χ0v) is 9.97. The van der Waals surface area contributed by atoms with E-state index in [0.717, 1.165) is 0 Å². The predicted molar refractivity (Wildman–Crippen MR) is 63.8 cm³/mol. The van der Waals surface area contributed by atoms with Gasteiger partial charge in [0, 0.05) is 18.3 Å². The number of anilines is 1. The first-order chi connectivity index (χ1) is 8.54. The molecule has 6 heteroatoms. The standard InChI is InChI=1S/C12H15F3N2O/c1-17-11(18)8-2-3-9(10(16)4-8)12(5-13,6-14)7-15/h2-4H,5-7,16H2,1H3,(H,17,18). The largest absolute Gasteiger partial charge is 0.398 e. The maximum atomic E-state index is 12.9. The summed E-state index contributed by atoms with van der Waals surface area (Å²) < 4.78 is 38.7. The summed E-state index contributed by atoms with van der Waals surface area (Å²) in [5.41, 5.74) is 4.08. The monoisotopic (exact) mass is 260 g/mol. The normalized spacial score (nSPS) is 11.3. The van der Waals surface area contributed by atoms with Gasteiger partial charge in [0.2, 0.25) is 0 Å². The van der Waals surface area contributed by atoms with Gasteiger partial charge in [0.05, 0.1) is 5.41 Å². The van der Waals surface area contributed by atoms with Crippen molar-refractivity contribution >= 4 is 11.6 Å². The number of nitrogens with two attached hydrogens (primary N) is 1. The van der Waals surface area contributed by atoms with Crippen molar-refractivity contribution in [3.63, 3.8) is 0 Å². The average molecular weight is 260 g/mol. The van der Waals surface area contributed by atoms with E-state index in [4.69, 9.17) is 5.73 Å². The molecular weight excluding hydrogens is 245 g/mol. The Morgan fingerprint density at radius 2 is 1.83 bits per heavy atom. The highest BCUT2D eigenvalue weighted by Crippen LogP contribution is 2.31. The van der Waals surface area contributed by atoms with E-state index in [1.54, 1.807) is 0 Å². The third-order valence-electron chi connectivity index (χ3n) is 2.88. The third kappa shape index (κ3) is 2.42. The van der Waals surface area contributed by atoms with Crippen molar-refractivity contribution in [1.29, 1.82) is 0 Å². The maximum absolute atomic E-state index is 12.9. The molecule has 0 heterocycles. The van der Waals surface area contributed by atoms with E-state index in [2.05, 4.69) is 5.32 Å². The number of carbonyl (C=O) groups excluding carboxylic acids is 1. The van der Waals surface area contributed by atoms with Crippen LogP contribution in [0.1, 0.15) is 15.9 Å². The number of hydrogen-bond acceptors (Lipinski definition) is 2. The molecule has 0 aliphatic heterocycles. The first-order valence-electron chi connectivity index (χ1n) is 5.34. The Kier molecular flexibility index (Phi) is 4.58. The Balaban J connectivity index is 3.23. The van der Waals surface area contributed by atoms with Crippen LogP contribution < -0.4 is 11.1 Å². The number of amides is 1. The molecule has 0 aromatic heterocycles. The van der Waals surface area contributed by atoms with E-state index in [-0.39, 0.29) is 22.7 Å². The fraction of sp³-hybridized carbons (Fsp3) is 0.417. The molecule has 0 unspecified atom stereocenters. The summed E-state index contributed by atoms with van der Waals surface area (Å²) in [6.45, 7) is -3.57. The first kappa shape index (κ1) is 14.3. The number of nitrogen functional groups attached to an aromatic ring is 1. The van der Waals surface area contributed by atoms with Gasteiger partial charge in [-0.05, 0) is 17.7 Å². The zero-order valence-electron chi connectivity index (χ0n) is 9.97. The van der Waals surface area contributed by atoms with Gasteiger partial charge in [0.1, 0.15) is 20.0 Å². The Morgan fingerprint density at radius 3 is 2.22 bits per heavy atom. The third-order valence-corrected chi connectivity index (χ3v) is 2.88. The van der Waals surface area contributed by atoms with Crippen molar-refractivity contribution in [2.75, 3.05) is 32.8 Å². The minimum Gasteiger partial charge on any atom is -0.398 e. The predicted octanol–water partition coefficient (Wildman–Crippen LogP) is 1.77. The molecule has 0 aliphatic rings. The molecule has 0 spiro atoms. The van der Waals surface area contributed by atoms with E-state index >= 15 is 0 Å². The number of alkyl halides is 3. The van der Waals surface area contributed by atoms with Crippen LogP contribution in [-0.2, 0) is 5.41 Å². The van der Waals surface area contributed by atoms with Gasteiger partial charge in [-0.2, -0.15) is 0 Å². The number of nitrogens with one attached hydrogen (secondary N) is 1. The molecule has 0 fully saturated rings. The van der Waals surface area contributed by atoms with Gasteiger partial charge in [-0.15, -0.1) is 0 Å². The van der Waals surface area contributed by atoms with E-state index in [1.165, 1.54) is 25.2 Å². The molecule has 1 rings (SSSR count). The highest BCUT2D eigenvalue weighted by molar-refractivity contribution is 5.95. The van der Waals surface area contributed by atoms with Crippen molar-refractivity contribution in [2.45, 2.75) is 5.41 Å². The van der Waals surface area contributed by atoms with Crippen LogP contribution in [0.25, 0.3) is 0 Å². The first-order valence-corrected chi connectivity index (χ1v) is 5.34. The van der Waals surface area contributed by atoms with Crippen molar-refractivity contribution in [1.82, 2.24) is 5.32 Å². The molecule has 18 heavy (non-hydrogen) atoms. The molecule has 0 bridgehead atoms. The number of carbonyl (C=O) groups is 1. The SMILES string of the molecule is CNC(=O)c1ccc(C(CF)(CF)CF)c(N)c1. The Hall–Kier alpha value is -1.72. The summed E-state index contributed by atoms with van der Waals surface area (Å²) in [6.07, 6.45) is 0. The van der Waals surface area contributed by atoms with Gasteiger partial charge in [-0.3, -0.25) is 4.79 Å². The molecule has 3 nitrogen and oxygen atoms in total. The molecule has 0 saturated carbocycles. The molecule has 3 N–H and O–H groups in total. The van der Waals surface area contributed by atoms with Crippen LogP contribution in [0.15, 0.2) is 18.2 Å². The number of rotatable bonds is 5. The second-order valence-corrected chi connectivity index (χ2v) is 4.06. The molecule has 0 aliphatic carbocycles. The molecule has 1 aromatic carbocycles. The van der Waals surface area contributed by atoms with Crippen molar-refractivity contribution in [3.05, 3.63) is 29.3 Å². The Labute approximate surface area is 103 Å². The number of hydrogen-bond donors (Lipinski definition) is 2. The van der Waals surface area contributed by atoms with Gasteiger partial charge in [-0.25, -0.2) is 13.2 Å². The summed E-state index contributed by atoms with van der Waals surface area (Å²) in [7, 11) is 1.45. The number of halogens is 3. The summed E-state index contributed by atoms with van der Waals surface area (Å²) in [4.78, 5) is 11.3. The summed E-state index contributed by atoms with van der Waals surface area (Å²) in [5, 5.41) is 2.39. The van der Waals surface area contributed by atoms with E-state index in [1.807, 2.05) is 0 Å². The molecule has 0 saturated heterocycles. The molecular formula is C12H15F3N2O. The highest BCUT2D eigenvalue weighted by atomic mass is 19.1. The van der Waals surface area contributed by atoms with Crippen molar-refractivity contribution in [2.24, 2.45) is 0 Å². The van der Waals surface area contributed by atoms with Crippen LogP contribution in [0.5, 0.6) is 0 Å². The van der Waals surface area contributed by atoms with E-state index < -0.39 is 25.4 Å². The minimum absolute atomic E-state index is 0.00375. The quantitative estimate of drug-likeness (QED) is 0.793. The van der Waals surface area contributed by atoms with Crippen LogP contribution in [0, 0.1) is 0 Å². The molecule has 1 amide bonds. The van der Waals surface area contributed by atoms with Gasteiger partial charge in [0.25, 0.3) is 5.91 Å². The lowest BCUT2D eigenvalue weighted by molar-refractivity contribution is 0.0963. The zero-order chi connectivity index (χ0) is 13.8. The fourth-order valence-corrected chi connectivity index (χ4v) is 1.65. The van der Waals surface area contributed by atoms with E-state index in [0.29, 0.717) is 0 Å². The summed E-state index contributed by atoms with van der Waals surface area (Å²) in [6, 6.07) is 3.93. The fourth-order valence-electron chi connectivity index (χ4n) is 1.65. The lowest BCUT2D eigenvalue weighted by Crippen LogP contribution is -2.35. The average Bonchev–Trinajstić information content (AvgIpc) is 2.41. The van der Waals surface area contributed by atoms with Crippen LogP contribution in [0.4, 0.5) is 18.9 Å². The van der Waals surface area contributed by atoms with Gasteiger partial charge in [-0.1, -0.05) is 6.07 Å². The molecule has 100 valence electrons. The van der Waals surface area contributed by atoms with Crippen LogP contribution in [0.2, 0.25) is 0 Å². The molecule has 0 radical (unpaired) electrons. The smallest absolute Gasteiger partial charge is 0.251 e. The second kappa shape index (κ2) is 5.75. The maximum Gasteiger partial charge on any atom is 0.251 e. The highest BCUT2D eigenvalue weighted by Gasteiger charge is 2.35. The van der Waals surface area contributed by atoms with Crippen molar-refractivity contribution in [3.8, 4) is 0 Å². The topological polar surface area (TPSA) is 55.1 Å². The van der Waals surface area contributed by atoms with Gasteiger partial charge < -0.3 is 11.1 Å². The summed E-state index contributed by atoms with van der Waals surface area (Å²) >= 11 is 0. The lowest BCUT2D eigenvalue weighted by atomic mass is 9.82. The van der Waals surface area contributed by atoms with Gasteiger partial charge >= 0.3 is 0 Å². The Morgan fingerprint density at radius 1 is 1.28 bits per heavy atom. The Bertz CT molecular complexity index is 425. The van der Waals surface area contributed by atoms with Crippen LogP contribution in [0.3, 0.4) is 0 Å². The lowest BCUT2D eigenvalue weighted by Gasteiger charge is -2.26. The van der Waals surface area contributed by atoms with Crippen LogP contribution in [-0.4, -0.2) is 33.0 Å². The minimum atomic E-state index is -1.87. The molecule has 1 aromatic rings. The molecule has 0 atom stereocenters. The second-order valence-electron chi connectivity index (χ2n) is 4.06. The van der Waals surface area contributed by atoms with Crippen LogP contribution >= 0.6 is 0 Å². The number of benzene rings is 1. The van der Waals surface area contributed by atoms with E-state index in [9.17, 15) is 18.0 Å².